The van der Waals surface area contributed by atoms with Crippen molar-refractivity contribution in [3.8, 4) is 11.5 Å². The van der Waals surface area contributed by atoms with Gasteiger partial charge in [0.05, 0.1) is 27.3 Å². The van der Waals surface area contributed by atoms with Gasteiger partial charge in [0.15, 0.2) is 17.5 Å². The Hall–Kier alpha value is -2.53. The van der Waals surface area contributed by atoms with E-state index < -0.39 is 0 Å². The molecular formula is C22H29N2O3+. The van der Waals surface area contributed by atoms with Gasteiger partial charge in [-0.05, 0) is 23.3 Å². The van der Waals surface area contributed by atoms with Gasteiger partial charge in [0.1, 0.15) is 0 Å². The lowest BCUT2D eigenvalue weighted by Crippen LogP contribution is -3.15. The lowest BCUT2D eigenvalue weighted by Gasteiger charge is -2.21. The number of hydrogen-bond acceptors (Lipinski definition) is 3. The minimum atomic E-state index is 0.0499. The third-order valence-electron chi connectivity index (χ3n) is 5.29. The summed E-state index contributed by atoms with van der Waals surface area (Å²) in [5.74, 6) is 1.52. The quantitative estimate of drug-likeness (QED) is 0.743. The molecule has 1 aliphatic heterocycles. The first-order valence-corrected chi connectivity index (χ1v) is 9.58. The molecule has 2 unspecified atom stereocenters. The van der Waals surface area contributed by atoms with E-state index in [0.29, 0.717) is 18.0 Å². The average Bonchev–Trinajstić information content (AvgIpc) is 3.19. The number of amides is 1. The first kappa shape index (κ1) is 19.2. The van der Waals surface area contributed by atoms with Crippen LogP contribution < -0.4 is 19.7 Å². The summed E-state index contributed by atoms with van der Waals surface area (Å²) in [5, 5.41) is 3.10. The molecule has 0 aromatic heterocycles. The number of hydrogen-bond donors (Lipinski definition) is 2. The summed E-state index contributed by atoms with van der Waals surface area (Å²) < 4.78 is 10.6. The smallest absolute Gasteiger partial charge is 0.278 e. The minimum absolute atomic E-state index is 0.0499. The molecule has 1 amide bonds. The Balaban J connectivity index is 1.53. The molecule has 1 fully saturated rings. The summed E-state index contributed by atoms with van der Waals surface area (Å²) in [5.41, 5.74) is 2.34. The number of likely N-dealkylation sites (tertiary alicyclic amines) is 1. The molecule has 5 heteroatoms. The molecule has 1 saturated heterocycles. The second-order valence-corrected chi connectivity index (χ2v) is 7.00. The van der Waals surface area contributed by atoms with Gasteiger partial charge in [-0.2, -0.15) is 0 Å². The summed E-state index contributed by atoms with van der Waals surface area (Å²) in [6.07, 6.45) is 3.08. The average molecular weight is 369 g/mol. The molecule has 2 aromatic carbocycles. The van der Waals surface area contributed by atoms with Crippen LogP contribution in [-0.4, -0.2) is 39.3 Å². The Morgan fingerprint density at radius 2 is 1.85 bits per heavy atom. The first-order valence-electron chi connectivity index (χ1n) is 9.58. The van der Waals surface area contributed by atoms with Crippen LogP contribution in [0.1, 0.15) is 24.0 Å². The summed E-state index contributed by atoms with van der Waals surface area (Å²) in [6, 6.07) is 16.3. The van der Waals surface area contributed by atoms with Gasteiger partial charge in [-0.1, -0.05) is 36.4 Å². The number of benzene rings is 2. The molecular weight excluding hydrogens is 340 g/mol. The van der Waals surface area contributed by atoms with E-state index in [0.717, 1.165) is 37.9 Å². The highest BCUT2D eigenvalue weighted by Crippen LogP contribution is 2.27. The zero-order valence-corrected chi connectivity index (χ0v) is 16.2. The molecule has 2 N–H and O–H groups in total. The number of rotatable bonds is 8. The van der Waals surface area contributed by atoms with E-state index in [-0.39, 0.29) is 11.9 Å². The van der Waals surface area contributed by atoms with E-state index >= 15 is 0 Å². The fraction of sp³-hybridized carbons (Fsp3) is 0.409. The van der Waals surface area contributed by atoms with Crippen molar-refractivity contribution in [1.82, 2.24) is 5.32 Å². The number of nitrogens with one attached hydrogen (secondary N) is 2. The van der Waals surface area contributed by atoms with E-state index in [9.17, 15) is 4.79 Å². The fourth-order valence-electron chi connectivity index (χ4n) is 3.78. The van der Waals surface area contributed by atoms with Crippen molar-refractivity contribution in [2.24, 2.45) is 0 Å². The number of quaternary nitrogens is 1. The maximum atomic E-state index is 12.7. The van der Waals surface area contributed by atoms with Gasteiger partial charge in [-0.3, -0.25) is 4.79 Å². The summed E-state index contributed by atoms with van der Waals surface area (Å²) in [4.78, 5) is 14.1. The molecule has 2 atom stereocenters. The van der Waals surface area contributed by atoms with Gasteiger partial charge < -0.3 is 19.7 Å². The zero-order chi connectivity index (χ0) is 19.1. The van der Waals surface area contributed by atoms with Crippen molar-refractivity contribution >= 4 is 5.91 Å². The van der Waals surface area contributed by atoms with Gasteiger partial charge in [-0.15, -0.1) is 0 Å². The first-order chi connectivity index (χ1) is 13.2. The molecule has 3 rings (SSSR count). The van der Waals surface area contributed by atoms with Crippen LogP contribution in [0, 0.1) is 0 Å². The highest BCUT2D eigenvalue weighted by atomic mass is 16.5. The summed E-state index contributed by atoms with van der Waals surface area (Å²) in [7, 11) is 3.24. The Morgan fingerprint density at radius 1 is 1.07 bits per heavy atom. The van der Waals surface area contributed by atoms with Gasteiger partial charge in [-0.25, -0.2) is 0 Å². The lowest BCUT2D eigenvalue weighted by atomic mass is 10.1. The van der Waals surface area contributed by atoms with Crippen molar-refractivity contribution in [2.75, 3.05) is 27.3 Å². The highest BCUT2D eigenvalue weighted by molar-refractivity contribution is 5.80. The molecule has 144 valence electrons. The van der Waals surface area contributed by atoms with E-state index in [1.807, 2.05) is 24.3 Å². The van der Waals surface area contributed by atoms with Crippen LogP contribution in [0.2, 0.25) is 0 Å². The van der Waals surface area contributed by atoms with Crippen molar-refractivity contribution in [2.45, 2.75) is 31.8 Å². The number of ether oxygens (including phenoxy) is 2. The Kier molecular flexibility index (Phi) is 6.71. The molecule has 1 heterocycles. The molecule has 0 radical (unpaired) electrons. The largest absolute Gasteiger partial charge is 0.493 e. The summed E-state index contributed by atoms with van der Waals surface area (Å²) >= 11 is 0. The van der Waals surface area contributed by atoms with Crippen LogP contribution in [-0.2, 0) is 17.8 Å². The minimum Gasteiger partial charge on any atom is -0.493 e. The number of carbonyl (C=O) groups excluding carboxylic acids is 1. The Bertz CT molecular complexity index is 748. The topological polar surface area (TPSA) is 52.0 Å². The molecule has 27 heavy (non-hydrogen) atoms. The van der Waals surface area contributed by atoms with Crippen LogP contribution in [0.4, 0.5) is 0 Å². The van der Waals surface area contributed by atoms with Crippen molar-refractivity contribution in [3.63, 3.8) is 0 Å². The number of carbonyl (C=O) groups is 1. The second-order valence-electron chi connectivity index (χ2n) is 7.00. The molecule has 0 saturated carbocycles. The predicted octanol–water partition coefficient (Wildman–Crippen LogP) is 1.61. The SMILES string of the molecule is COc1ccc(CNC(=O)C2CCC[NH+]2CCc2ccccc2)cc1OC. The fourth-order valence-corrected chi connectivity index (χ4v) is 3.78. The van der Waals surface area contributed by atoms with Crippen LogP contribution in [0.3, 0.4) is 0 Å². The number of methoxy groups -OCH3 is 2. The molecule has 0 aliphatic carbocycles. The van der Waals surface area contributed by atoms with Crippen LogP contribution in [0.25, 0.3) is 0 Å². The zero-order valence-electron chi connectivity index (χ0n) is 16.2. The monoisotopic (exact) mass is 369 g/mol. The van der Waals surface area contributed by atoms with Gasteiger partial charge in [0.2, 0.25) is 0 Å². The lowest BCUT2D eigenvalue weighted by molar-refractivity contribution is -0.902. The van der Waals surface area contributed by atoms with E-state index in [4.69, 9.17) is 9.47 Å². The normalized spacial score (nSPS) is 18.9. The third kappa shape index (κ3) is 5.01. The van der Waals surface area contributed by atoms with Crippen molar-refractivity contribution in [1.29, 1.82) is 0 Å². The predicted molar refractivity (Wildman–Crippen MR) is 105 cm³/mol. The molecule has 0 bridgehead atoms. The molecule has 1 aliphatic rings. The van der Waals surface area contributed by atoms with E-state index in [2.05, 4.69) is 29.6 Å². The van der Waals surface area contributed by atoms with Gasteiger partial charge in [0, 0.05) is 25.8 Å². The van der Waals surface area contributed by atoms with Crippen molar-refractivity contribution < 1.29 is 19.2 Å². The molecule has 0 spiro atoms. The Morgan fingerprint density at radius 3 is 2.59 bits per heavy atom. The standard InChI is InChI=1S/C22H28N2O3/c1-26-20-11-10-18(15-21(20)27-2)16-23-22(25)19-9-6-13-24(19)14-12-17-7-4-3-5-8-17/h3-5,7-8,10-11,15,19H,6,9,12-14,16H2,1-2H3,(H,23,25)/p+1. The Labute approximate surface area is 161 Å². The van der Waals surface area contributed by atoms with E-state index in [1.54, 1.807) is 14.2 Å². The maximum Gasteiger partial charge on any atom is 0.278 e. The second kappa shape index (κ2) is 9.42. The highest BCUT2D eigenvalue weighted by Gasteiger charge is 2.34. The van der Waals surface area contributed by atoms with Crippen LogP contribution in [0.5, 0.6) is 11.5 Å². The summed E-state index contributed by atoms with van der Waals surface area (Å²) in [6.45, 7) is 2.57. The van der Waals surface area contributed by atoms with Gasteiger partial charge in [0.25, 0.3) is 5.91 Å². The van der Waals surface area contributed by atoms with E-state index in [1.165, 1.54) is 10.5 Å². The van der Waals surface area contributed by atoms with Crippen LogP contribution in [0.15, 0.2) is 48.5 Å². The third-order valence-corrected chi connectivity index (χ3v) is 5.29. The van der Waals surface area contributed by atoms with Gasteiger partial charge >= 0.3 is 0 Å². The van der Waals surface area contributed by atoms with Crippen molar-refractivity contribution in [3.05, 3.63) is 59.7 Å². The van der Waals surface area contributed by atoms with Crippen LogP contribution >= 0.6 is 0 Å². The molecule has 5 nitrogen and oxygen atoms in total. The maximum absolute atomic E-state index is 12.7. The molecule has 2 aromatic rings.